The second-order valence-electron chi connectivity index (χ2n) is 9.12. The molecule has 0 saturated heterocycles. The summed E-state index contributed by atoms with van der Waals surface area (Å²) >= 11 is 0. The predicted molar refractivity (Wildman–Crippen MR) is 164 cm³/mol. The van der Waals surface area contributed by atoms with Crippen LogP contribution < -0.4 is 20.3 Å². The van der Waals surface area contributed by atoms with Crippen molar-refractivity contribution in [3.8, 4) is 17.0 Å². The van der Waals surface area contributed by atoms with Gasteiger partial charge in [0.1, 0.15) is 5.75 Å². The molecule has 0 aliphatic heterocycles. The van der Waals surface area contributed by atoms with Crippen molar-refractivity contribution in [3.63, 3.8) is 0 Å². The number of anilines is 4. The zero-order valence-corrected chi connectivity index (χ0v) is 24.5. The molecule has 10 nitrogen and oxygen atoms in total. The lowest BCUT2D eigenvalue weighted by Crippen LogP contribution is -2.29. The number of benzene rings is 1. The molecule has 10 heteroatoms. The van der Waals surface area contributed by atoms with E-state index in [1.165, 1.54) is 6.08 Å². The molecule has 1 aromatic carbocycles. The molecule has 4 aromatic rings. The van der Waals surface area contributed by atoms with Gasteiger partial charge in [0.2, 0.25) is 11.9 Å². The zero-order chi connectivity index (χ0) is 29.2. The summed E-state index contributed by atoms with van der Waals surface area (Å²) in [6.45, 7) is 11.3. The molecule has 0 bridgehead atoms. The molecule has 2 N–H and O–H groups in total. The van der Waals surface area contributed by atoms with Gasteiger partial charge in [-0.25, -0.2) is 14.5 Å². The van der Waals surface area contributed by atoms with Gasteiger partial charge in [-0.2, -0.15) is 5.10 Å². The number of hydrogen-bond donors (Lipinski definition) is 2. The van der Waals surface area contributed by atoms with Gasteiger partial charge in [0, 0.05) is 44.2 Å². The van der Waals surface area contributed by atoms with E-state index in [0.717, 1.165) is 47.5 Å². The van der Waals surface area contributed by atoms with Crippen LogP contribution >= 0.6 is 0 Å². The average Bonchev–Trinajstić information content (AvgIpc) is 3.41. The first-order valence-electron chi connectivity index (χ1n) is 13.4. The molecule has 212 valence electrons. The molecule has 0 atom stereocenters. The Hall–Kier alpha value is -4.44. The van der Waals surface area contributed by atoms with Crippen LogP contribution in [0.2, 0.25) is 0 Å². The Morgan fingerprint density at radius 3 is 2.58 bits per heavy atom. The van der Waals surface area contributed by atoms with Crippen LogP contribution in [0.25, 0.3) is 16.8 Å². The van der Waals surface area contributed by atoms with Crippen LogP contribution in [0.1, 0.15) is 26.3 Å². The van der Waals surface area contributed by atoms with Gasteiger partial charge in [-0.15, -0.1) is 0 Å². The topological polar surface area (TPSA) is 99.9 Å². The van der Waals surface area contributed by atoms with Crippen LogP contribution in [-0.2, 0) is 11.2 Å². The van der Waals surface area contributed by atoms with Crippen molar-refractivity contribution in [2.24, 2.45) is 0 Å². The van der Waals surface area contributed by atoms with Crippen molar-refractivity contribution in [2.45, 2.75) is 27.2 Å². The van der Waals surface area contributed by atoms with E-state index in [1.54, 1.807) is 7.11 Å². The quantitative estimate of drug-likeness (QED) is 0.247. The van der Waals surface area contributed by atoms with Crippen molar-refractivity contribution in [1.82, 2.24) is 24.5 Å². The number of methoxy groups -OCH3 is 1. The summed E-state index contributed by atoms with van der Waals surface area (Å²) < 4.78 is 7.55. The number of aromatic nitrogens is 4. The fraction of sp³-hybridized carbons (Fsp3) is 0.333. The van der Waals surface area contributed by atoms with Crippen LogP contribution in [0.5, 0.6) is 5.75 Å². The first kappa shape index (κ1) is 30.1. The van der Waals surface area contributed by atoms with Gasteiger partial charge in [-0.1, -0.05) is 33.4 Å². The highest BCUT2D eigenvalue weighted by atomic mass is 16.5. The number of carbonyl (C=O) groups excluding carboxylic acids is 1. The average molecular weight is 545 g/mol. The van der Waals surface area contributed by atoms with Gasteiger partial charge >= 0.3 is 0 Å². The zero-order valence-electron chi connectivity index (χ0n) is 24.5. The van der Waals surface area contributed by atoms with Gasteiger partial charge in [-0.05, 0) is 50.4 Å². The third kappa shape index (κ3) is 6.95. The molecule has 40 heavy (non-hydrogen) atoms. The van der Waals surface area contributed by atoms with Crippen LogP contribution in [0.4, 0.5) is 23.0 Å². The van der Waals surface area contributed by atoms with E-state index < -0.39 is 0 Å². The van der Waals surface area contributed by atoms with E-state index in [0.29, 0.717) is 23.1 Å². The maximum atomic E-state index is 12.3. The van der Waals surface area contributed by atoms with Crippen LogP contribution in [0.3, 0.4) is 0 Å². The molecule has 3 aromatic heterocycles. The highest BCUT2D eigenvalue weighted by Crippen LogP contribution is 2.38. The molecule has 0 aliphatic carbocycles. The fourth-order valence-corrected chi connectivity index (χ4v) is 4.10. The number of ether oxygens (including phenoxy) is 1. The van der Waals surface area contributed by atoms with Crippen molar-refractivity contribution < 1.29 is 9.53 Å². The summed E-state index contributed by atoms with van der Waals surface area (Å²) in [5.74, 6) is 0.691. The highest BCUT2D eigenvalue weighted by molar-refractivity contribution is 6.02. The SMILES string of the molecule is C=CC(=O)Nc1cc(Nc2ncc(CC)c(-c3cnn4ccccc34)n2)c(OC)cc1N(C)CCN(C)C.CC. The number of likely N-dealkylation sites (N-methyl/N-ethyl adjacent to an activating group) is 2. The summed E-state index contributed by atoms with van der Waals surface area (Å²) in [7, 11) is 7.63. The standard InChI is InChI=1S/C28H34N8O2.C2H6/c1-7-19-17-29-28(33-27(19)20-18-30-36-12-10-9-11-23(20)36)32-22-15-21(31-26(37)8-2)24(16-25(22)38-6)35(5)14-13-34(3)4;1-2/h8-12,15-18H,2,7,13-14H2,1,3-6H3,(H,31,37)(H,29,32,33);1-2H3. The van der Waals surface area contributed by atoms with Gasteiger partial charge < -0.3 is 25.2 Å². The lowest BCUT2D eigenvalue weighted by atomic mass is 10.1. The Bertz CT molecular complexity index is 1450. The monoisotopic (exact) mass is 544 g/mol. The van der Waals surface area contributed by atoms with E-state index in [9.17, 15) is 4.79 Å². The maximum absolute atomic E-state index is 12.3. The third-order valence-electron chi connectivity index (χ3n) is 6.23. The van der Waals surface area contributed by atoms with E-state index in [2.05, 4.69) is 44.0 Å². The molecule has 0 saturated carbocycles. The molecular formula is C30H40N8O2. The van der Waals surface area contributed by atoms with Crippen molar-refractivity contribution >= 4 is 34.4 Å². The molecule has 0 spiro atoms. The van der Waals surface area contributed by atoms with Crippen molar-refractivity contribution in [3.05, 3.63) is 67.1 Å². The van der Waals surface area contributed by atoms with Gasteiger partial charge in [0.25, 0.3) is 0 Å². The Balaban J connectivity index is 0.00000216. The largest absolute Gasteiger partial charge is 0.494 e. The number of amides is 1. The summed E-state index contributed by atoms with van der Waals surface area (Å²) in [5.41, 5.74) is 5.77. The van der Waals surface area contributed by atoms with E-state index in [1.807, 2.05) is 88.4 Å². The fourth-order valence-electron chi connectivity index (χ4n) is 4.10. The second-order valence-corrected chi connectivity index (χ2v) is 9.12. The number of nitrogens with one attached hydrogen (secondary N) is 2. The predicted octanol–water partition coefficient (Wildman–Crippen LogP) is 5.25. The van der Waals surface area contributed by atoms with E-state index in [4.69, 9.17) is 9.72 Å². The van der Waals surface area contributed by atoms with Gasteiger partial charge in [-0.3, -0.25) is 4.79 Å². The molecule has 0 radical (unpaired) electrons. The summed E-state index contributed by atoms with van der Waals surface area (Å²) in [5, 5.41) is 10.7. The molecule has 0 aliphatic rings. The van der Waals surface area contributed by atoms with E-state index >= 15 is 0 Å². The third-order valence-corrected chi connectivity index (χ3v) is 6.23. The molecule has 3 heterocycles. The molecular weight excluding hydrogens is 504 g/mol. The summed E-state index contributed by atoms with van der Waals surface area (Å²) in [6.07, 6.45) is 7.58. The van der Waals surface area contributed by atoms with Crippen LogP contribution in [0, 0.1) is 0 Å². The van der Waals surface area contributed by atoms with Crippen LogP contribution in [0.15, 0.2) is 61.6 Å². The summed E-state index contributed by atoms with van der Waals surface area (Å²) in [6, 6.07) is 9.65. The van der Waals surface area contributed by atoms with Crippen molar-refractivity contribution in [2.75, 3.05) is 56.9 Å². The Labute approximate surface area is 236 Å². The highest BCUT2D eigenvalue weighted by Gasteiger charge is 2.18. The smallest absolute Gasteiger partial charge is 0.247 e. The molecule has 1 amide bonds. The van der Waals surface area contributed by atoms with Crippen molar-refractivity contribution in [1.29, 1.82) is 0 Å². The first-order valence-corrected chi connectivity index (χ1v) is 13.4. The lowest BCUT2D eigenvalue weighted by molar-refractivity contribution is -0.111. The molecule has 4 rings (SSSR count). The minimum absolute atomic E-state index is 0.303. The van der Waals surface area contributed by atoms with Crippen LogP contribution in [-0.4, -0.2) is 71.7 Å². The van der Waals surface area contributed by atoms with E-state index in [-0.39, 0.29) is 5.91 Å². The number of rotatable bonds is 11. The molecule has 0 fully saturated rings. The normalized spacial score (nSPS) is 10.6. The first-order chi connectivity index (χ1) is 19.3. The molecule has 0 unspecified atom stereocenters. The lowest BCUT2D eigenvalue weighted by Gasteiger charge is -2.26. The summed E-state index contributed by atoms with van der Waals surface area (Å²) in [4.78, 5) is 25.9. The van der Waals surface area contributed by atoms with Gasteiger partial charge in [0.05, 0.1) is 41.6 Å². The number of carbonyl (C=O) groups is 1. The Kier molecular flexibility index (Phi) is 10.6. The minimum Gasteiger partial charge on any atom is -0.494 e. The number of aryl methyl sites for hydroxylation is 1. The number of hydrogen-bond acceptors (Lipinski definition) is 8. The Morgan fingerprint density at radius 2 is 1.90 bits per heavy atom. The number of nitrogens with zero attached hydrogens (tertiary/aromatic N) is 6. The van der Waals surface area contributed by atoms with Gasteiger partial charge in [0.15, 0.2) is 0 Å². The number of pyridine rings is 1. The number of fused-ring (bicyclic) bond motifs is 1. The minimum atomic E-state index is -0.303. The second kappa shape index (κ2) is 14.1. The maximum Gasteiger partial charge on any atom is 0.247 e. The Morgan fingerprint density at radius 1 is 1.12 bits per heavy atom.